The Morgan fingerprint density at radius 2 is 2.16 bits per heavy atom. The van der Waals surface area contributed by atoms with Gasteiger partial charge in [-0.15, -0.1) is 0 Å². The summed E-state index contributed by atoms with van der Waals surface area (Å²) < 4.78 is 21.9. The predicted molar refractivity (Wildman–Crippen MR) is 146 cm³/mol. The molecule has 37 heavy (non-hydrogen) atoms. The highest BCUT2D eigenvalue weighted by molar-refractivity contribution is 7.22. The van der Waals surface area contributed by atoms with Crippen LogP contribution in [0.5, 0.6) is 0 Å². The third kappa shape index (κ3) is 5.69. The maximum atomic E-state index is 15.1. The summed E-state index contributed by atoms with van der Waals surface area (Å²) >= 11 is 7.37. The van der Waals surface area contributed by atoms with Gasteiger partial charge in [0.1, 0.15) is 16.6 Å². The van der Waals surface area contributed by atoms with Crippen molar-refractivity contribution in [3.8, 4) is 11.3 Å². The van der Waals surface area contributed by atoms with Crippen LogP contribution in [0.25, 0.3) is 21.6 Å². The third-order valence-electron chi connectivity index (χ3n) is 6.27. The van der Waals surface area contributed by atoms with Crippen molar-refractivity contribution >= 4 is 50.6 Å². The molecule has 2 fully saturated rings. The monoisotopic (exact) mass is 545 g/mol. The molecule has 0 unspecified atom stereocenters. The van der Waals surface area contributed by atoms with Gasteiger partial charge in [0.2, 0.25) is 5.95 Å². The summed E-state index contributed by atoms with van der Waals surface area (Å²) in [6.45, 7) is 3.37. The van der Waals surface area contributed by atoms with E-state index in [1.807, 2.05) is 23.8 Å². The number of nitrogens with zero attached hydrogens (tertiary/aromatic N) is 6. The van der Waals surface area contributed by atoms with E-state index >= 15 is 4.39 Å². The van der Waals surface area contributed by atoms with Gasteiger partial charge in [-0.3, -0.25) is 4.99 Å². The number of benzene rings is 1. The molecule has 1 aliphatic carbocycles. The fraction of sp³-hybridized carbons (Fsp3) is 0.440. The number of aliphatic hydroxyl groups excluding tert-OH is 1. The average molecular weight is 546 g/mol. The van der Waals surface area contributed by atoms with Gasteiger partial charge in [0.05, 0.1) is 31.0 Å². The molecule has 0 amide bonds. The first-order chi connectivity index (χ1) is 17.9. The minimum Gasteiger partial charge on any atom is -0.404 e. The summed E-state index contributed by atoms with van der Waals surface area (Å²) in [6, 6.07) is 4.90. The lowest BCUT2D eigenvalue weighted by molar-refractivity contribution is 0.00666. The van der Waals surface area contributed by atoms with Crippen molar-refractivity contribution in [2.75, 3.05) is 43.1 Å². The Morgan fingerprint density at radius 1 is 1.35 bits per heavy atom. The number of ether oxygens (including phenoxy) is 1. The maximum absolute atomic E-state index is 15.1. The summed E-state index contributed by atoms with van der Waals surface area (Å²) in [4.78, 5) is 22.7. The van der Waals surface area contributed by atoms with Crippen LogP contribution in [0.3, 0.4) is 0 Å². The number of halogens is 2. The molecule has 1 saturated heterocycles. The van der Waals surface area contributed by atoms with Gasteiger partial charge in [-0.1, -0.05) is 22.9 Å². The van der Waals surface area contributed by atoms with Crippen molar-refractivity contribution in [1.82, 2.24) is 15.0 Å². The van der Waals surface area contributed by atoms with E-state index in [0.29, 0.717) is 63.4 Å². The van der Waals surface area contributed by atoms with Crippen LogP contribution in [0.2, 0.25) is 5.02 Å². The zero-order chi connectivity index (χ0) is 26.1. The molecule has 2 atom stereocenters. The molecule has 2 aromatic heterocycles. The fourth-order valence-electron chi connectivity index (χ4n) is 4.16. The van der Waals surface area contributed by atoms with Crippen molar-refractivity contribution in [2.45, 2.75) is 38.0 Å². The molecule has 9 nitrogen and oxygen atoms in total. The van der Waals surface area contributed by atoms with Gasteiger partial charge in [0, 0.05) is 48.7 Å². The molecule has 1 aromatic carbocycles. The Labute approximate surface area is 223 Å². The number of fused-ring (bicyclic) bond motifs is 1. The van der Waals surface area contributed by atoms with E-state index in [-0.39, 0.29) is 18.8 Å². The molecule has 196 valence electrons. The first-order valence-corrected chi connectivity index (χ1v) is 13.4. The van der Waals surface area contributed by atoms with E-state index < -0.39 is 5.82 Å². The summed E-state index contributed by atoms with van der Waals surface area (Å²) in [5, 5.41) is 10.3. The van der Waals surface area contributed by atoms with Crippen LogP contribution in [0.4, 0.5) is 15.5 Å². The smallest absolute Gasteiger partial charge is 0.228 e. The van der Waals surface area contributed by atoms with Crippen molar-refractivity contribution in [3.63, 3.8) is 0 Å². The number of rotatable bonds is 8. The molecule has 1 saturated carbocycles. The lowest BCUT2D eigenvalue weighted by Crippen LogP contribution is -2.48. The van der Waals surface area contributed by atoms with Gasteiger partial charge in [0.15, 0.2) is 10.8 Å². The zero-order valence-corrected chi connectivity index (χ0v) is 22.2. The minimum absolute atomic E-state index is 0.0177. The number of hydrogen-bond donors (Lipinski definition) is 2. The first kappa shape index (κ1) is 25.8. The lowest BCUT2D eigenvalue weighted by Gasteiger charge is -2.37. The molecule has 0 spiro atoms. The van der Waals surface area contributed by atoms with Crippen molar-refractivity contribution in [3.05, 3.63) is 40.8 Å². The summed E-state index contributed by atoms with van der Waals surface area (Å²) in [6.07, 6.45) is 5.11. The summed E-state index contributed by atoms with van der Waals surface area (Å²) in [5.41, 5.74) is 7.95. The average Bonchev–Trinajstić information content (AvgIpc) is 3.59. The van der Waals surface area contributed by atoms with E-state index in [1.54, 1.807) is 18.3 Å². The second kappa shape index (κ2) is 10.9. The highest BCUT2D eigenvalue weighted by Gasteiger charge is 2.31. The molecule has 3 aromatic rings. The number of aliphatic imine (C=N–C) groups is 1. The van der Waals surface area contributed by atoms with Gasteiger partial charge in [0.25, 0.3) is 0 Å². The minimum atomic E-state index is -0.477. The molecule has 12 heteroatoms. The SMILES string of the molecule is C[C@H]1CN(c2nc(-c3ccc(Cl)cc3F)c3sc(N(C)CCO)nc3n2)C[C@H](C(C=NC2CC2)=CN)O1. The molecule has 3 N–H and O–H groups in total. The highest BCUT2D eigenvalue weighted by Crippen LogP contribution is 2.37. The first-order valence-electron chi connectivity index (χ1n) is 12.2. The van der Waals surface area contributed by atoms with E-state index in [2.05, 4.69) is 9.98 Å². The van der Waals surface area contributed by atoms with Crippen LogP contribution in [-0.2, 0) is 4.74 Å². The largest absolute Gasteiger partial charge is 0.404 e. The number of hydrogen-bond acceptors (Lipinski definition) is 10. The number of aliphatic hydroxyl groups is 1. The summed E-state index contributed by atoms with van der Waals surface area (Å²) in [5.74, 6) is -0.0517. The van der Waals surface area contributed by atoms with Gasteiger partial charge in [-0.2, -0.15) is 9.97 Å². The topological polar surface area (TPSA) is 113 Å². The normalized spacial score (nSPS) is 20.8. The van der Waals surface area contributed by atoms with Crippen LogP contribution >= 0.6 is 22.9 Å². The number of anilines is 2. The molecular weight excluding hydrogens is 517 g/mol. The van der Waals surface area contributed by atoms with Crippen LogP contribution in [0, 0.1) is 5.82 Å². The molecule has 0 bridgehead atoms. The Balaban J connectivity index is 1.56. The predicted octanol–water partition coefficient (Wildman–Crippen LogP) is 3.64. The molecular formula is C25H29ClFN7O2S. The van der Waals surface area contributed by atoms with Gasteiger partial charge in [-0.05, 0) is 38.0 Å². The highest BCUT2D eigenvalue weighted by atomic mass is 35.5. The number of thiazole rings is 1. The Morgan fingerprint density at radius 3 is 2.86 bits per heavy atom. The number of aromatic nitrogens is 3. The number of likely N-dealkylation sites (N-methyl/N-ethyl adjacent to an activating group) is 1. The van der Waals surface area contributed by atoms with Crippen LogP contribution in [0.15, 0.2) is 35.0 Å². The Kier molecular flexibility index (Phi) is 7.57. The van der Waals surface area contributed by atoms with E-state index in [4.69, 9.17) is 32.0 Å². The quantitative estimate of drug-likeness (QED) is 0.412. The number of morpholine rings is 1. The second-order valence-electron chi connectivity index (χ2n) is 9.31. The van der Waals surface area contributed by atoms with E-state index in [1.165, 1.54) is 23.6 Å². The Hall–Kier alpha value is -2.86. The molecule has 0 radical (unpaired) electrons. The van der Waals surface area contributed by atoms with Gasteiger partial charge in [-0.25, -0.2) is 9.37 Å². The standard InChI is InChI=1S/C25H29ClFN7O2S/c1-14-12-34(13-20(36-14)15(10-28)11-29-17-4-5-17)24-30-21(18-6-3-16(26)9-19(18)27)22-23(31-24)32-25(37-22)33(2)7-8-35/h3,6,9-11,14,17,20,35H,4-5,7-8,12-13,28H2,1-2H3/t14-,20+/m0/s1. The van der Waals surface area contributed by atoms with Crippen molar-refractivity contribution in [2.24, 2.45) is 10.7 Å². The van der Waals surface area contributed by atoms with Crippen LogP contribution < -0.4 is 15.5 Å². The fourth-order valence-corrected chi connectivity index (χ4v) is 5.32. The maximum Gasteiger partial charge on any atom is 0.228 e. The van der Waals surface area contributed by atoms with Gasteiger partial charge >= 0.3 is 0 Å². The lowest BCUT2D eigenvalue weighted by atomic mass is 10.1. The molecule has 2 aliphatic rings. The molecule has 3 heterocycles. The zero-order valence-electron chi connectivity index (χ0n) is 20.6. The van der Waals surface area contributed by atoms with E-state index in [9.17, 15) is 5.11 Å². The molecule has 5 rings (SSSR count). The number of nitrogens with two attached hydrogens (primary N) is 1. The third-order valence-corrected chi connectivity index (χ3v) is 7.67. The second-order valence-corrected chi connectivity index (χ2v) is 10.7. The molecule has 1 aliphatic heterocycles. The summed E-state index contributed by atoms with van der Waals surface area (Å²) in [7, 11) is 1.84. The Bertz CT molecular complexity index is 1350. The van der Waals surface area contributed by atoms with Crippen molar-refractivity contribution < 1.29 is 14.2 Å². The van der Waals surface area contributed by atoms with E-state index in [0.717, 1.165) is 18.4 Å². The van der Waals surface area contributed by atoms with Gasteiger partial charge < -0.3 is 25.4 Å². The van der Waals surface area contributed by atoms with Crippen LogP contribution in [-0.4, -0.2) is 77.8 Å². The van der Waals surface area contributed by atoms with Crippen LogP contribution in [0.1, 0.15) is 19.8 Å². The van der Waals surface area contributed by atoms with Crippen molar-refractivity contribution in [1.29, 1.82) is 0 Å².